The molecular weight excluding hydrogens is 531 g/mol. The first-order chi connectivity index (χ1) is 17.5. The smallest absolute Gasteiger partial charge is 0.369 e. The number of pyridine rings is 1. The number of sulfonamides is 1. The van der Waals surface area contributed by atoms with Crippen LogP contribution >= 0.6 is 11.5 Å². The Bertz CT molecular complexity index is 1340. The van der Waals surface area contributed by atoms with E-state index in [1.165, 1.54) is 23.2 Å². The molecule has 0 amide bonds. The van der Waals surface area contributed by atoms with Crippen molar-refractivity contribution in [1.29, 1.82) is 0 Å². The molecule has 0 spiro atoms. The van der Waals surface area contributed by atoms with Gasteiger partial charge in [-0.1, -0.05) is 34.8 Å². The molecule has 1 atom stereocenters. The predicted octanol–water partition coefficient (Wildman–Crippen LogP) is 3.77. The molecule has 1 saturated heterocycles. The topological polar surface area (TPSA) is 95.9 Å². The minimum Gasteiger partial charge on any atom is -0.369 e. The highest BCUT2D eigenvalue weighted by atomic mass is 32.2. The molecular formula is C23H24F3N5O4S2. The van der Waals surface area contributed by atoms with E-state index in [9.17, 15) is 26.4 Å². The van der Waals surface area contributed by atoms with Crippen molar-refractivity contribution >= 4 is 39.0 Å². The van der Waals surface area contributed by atoms with Gasteiger partial charge in [0.05, 0.1) is 11.9 Å². The van der Waals surface area contributed by atoms with E-state index in [0.29, 0.717) is 11.3 Å². The highest BCUT2D eigenvalue weighted by molar-refractivity contribution is 7.92. The van der Waals surface area contributed by atoms with Crippen molar-refractivity contribution in [2.24, 2.45) is 0 Å². The second kappa shape index (κ2) is 10.6. The molecule has 198 valence electrons. The molecule has 1 aromatic carbocycles. The van der Waals surface area contributed by atoms with E-state index >= 15 is 0 Å². The minimum atomic E-state index is -5.41. The summed E-state index contributed by atoms with van der Waals surface area (Å²) in [5.41, 5.74) is 2.44. The maximum atomic E-state index is 13.2. The number of halogens is 3. The first-order valence-electron chi connectivity index (χ1n) is 11.2. The van der Waals surface area contributed by atoms with Crippen LogP contribution in [0.2, 0.25) is 0 Å². The van der Waals surface area contributed by atoms with Crippen LogP contribution in [0, 0.1) is 6.92 Å². The quantitative estimate of drug-likeness (QED) is 0.388. The van der Waals surface area contributed by atoms with Gasteiger partial charge >= 0.3 is 22.2 Å². The highest BCUT2D eigenvalue weighted by Crippen LogP contribution is 2.30. The number of alkyl halides is 3. The molecule has 3 heterocycles. The molecule has 0 bridgehead atoms. The molecule has 1 fully saturated rings. The zero-order chi connectivity index (χ0) is 26.8. The first kappa shape index (κ1) is 26.8. The summed E-state index contributed by atoms with van der Waals surface area (Å²) in [6.45, 7) is 4.20. The van der Waals surface area contributed by atoms with Crippen molar-refractivity contribution in [2.75, 3.05) is 29.5 Å². The third-order valence-corrected chi connectivity index (χ3v) is 7.97. The number of carbonyl (C=O) groups is 1. The van der Waals surface area contributed by atoms with Crippen molar-refractivity contribution < 1.29 is 31.2 Å². The van der Waals surface area contributed by atoms with E-state index in [4.69, 9.17) is 0 Å². The van der Waals surface area contributed by atoms with Crippen LogP contribution in [0.4, 0.5) is 24.7 Å². The summed E-state index contributed by atoms with van der Waals surface area (Å²) in [5, 5.41) is 0.751. The molecule has 4 rings (SSSR count). The predicted molar refractivity (Wildman–Crippen MR) is 131 cm³/mol. The first-order valence-corrected chi connectivity index (χ1v) is 13.4. The summed E-state index contributed by atoms with van der Waals surface area (Å²) in [6.07, 6.45) is -3.16. The summed E-state index contributed by atoms with van der Waals surface area (Å²) in [6, 6.07) is 12.6. The van der Waals surface area contributed by atoms with Crippen LogP contribution in [0.5, 0.6) is 0 Å². The van der Waals surface area contributed by atoms with Gasteiger partial charge in [-0.2, -0.15) is 26.0 Å². The summed E-state index contributed by atoms with van der Waals surface area (Å²) in [7, 11) is -2.92. The van der Waals surface area contributed by atoms with Crippen LogP contribution in [0.3, 0.4) is 0 Å². The number of benzene rings is 1. The molecule has 0 unspecified atom stereocenters. The second-order valence-electron chi connectivity index (χ2n) is 8.55. The van der Waals surface area contributed by atoms with Gasteiger partial charge in [-0.05, 0) is 48.1 Å². The Balaban J connectivity index is 1.52. The average molecular weight is 556 g/mol. The van der Waals surface area contributed by atoms with Crippen LogP contribution in [-0.2, 0) is 26.2 Å². The van der Waals surface area contributed by atoms with Gasteiger partial charge in [-0.15, -0.1) is 0 Å². The maximum absolute atomic E-state index is 13.2. The molecule has 0 saturated carbocycles. The normalized spacial score (nSPS) is 16.5. The largest absolute Gasteiger partial charge is 0.493 e. The third-order valence-electron chi connectivity index (χ3n) is 5.97. The van der Waals surface area contributed by atoms with E-state index < -0.39 is 33.0 Å². The van der Waals surface area contributed by atoms with Crippen molar-refractivity contribution in [3.05, 3.63) is 65.2 Å². The van der Waals surface area contributed by atoms with Gasteiger partial charge in [0, 0.05) is 38.1 Å². The van der Waals surface area contributed by atoms with Gasteiger partial charge in [-0.25, -0.2) is 9.78 Å². The molecule has 0 radical (unpaired) electrons. The Morgan fingerprint density at radius 3 is 2.59 bits per heavy atom. The second-order valence-corrected chi connectivity index (χ2v) is 10.9. The van der Waals surface area contributed by atoms with E-state index in [0.717, 1.165) is 43.7 Å². The van der Waals surface area contributed by atoms with E-state index in [1.54, 1.807) is 6.92 Å². The number of likely N-dealkylation sites (tertiary alicyclic amines) is 1. The molecule has 0 N–H and O–H groups in total. The lowest BCUT2D eigenvalue weighted by Crippen LogP contribution is -2.39. The number of rotatable bonds is 8. The van der Waals surface area contributed by atoms with E-state index in [2.05, 4.69) is 31.2 Å². The number of anilines is 2. The highest BCUT2D eigenvalue weighted by Gasteiger charge is 2.45. The Hall–Kier alpha value is -3.23. The Labute approximate surface area is 216 Å². The fourth-order valence-corrected chi connectivity index (χ4v) is 5.81. The average Bonchev–Trinajstić information content (AvgIpc) is 3.54. The zero-order valence-electron chi connectivity index (χ0n) is 19.9. The van der Waals surface area contributed by atoms with Crippen LogP contribution in [0.15, 0.2) is 59.1 Å². The van der Waals surface area contributed by atoms with E-state index in [1.807, 2.05) is 30.1 Å². The van der Waals surface area contributed by atoms with Crippen LogP contribution in [0.25, 0.3) is 0 Å². The summed E-state index contributed by atoms with van der Waals surface area (Å²) < 4.78 is 68.3. The Morgan fingerprint density at radius 1 is 1.24 bits per heavy atom. The maximum Gasteiger partial charge on any atom is 0.493 e. The fraction of sp³-hybridized carbons (Fsp3) is 0.348. The van der Waals surface area contributed by atoms with Crippen molar-refractivity contribution in [3.63, 3.8) is 0 Å². The van der Waals surface area contributed by atoms with Crippen LogP contribution in [-0.4, -0.2) is 61.0 Å². The van der Waals surface area contributed by atoms with Gasteiger partial charge in [-0.3, -0.25) is 4.90 Å². The minimum absolute atomic E-state index is 0.150. The van der Waals surface area contributed by atoms with Gasteiger partial charge < -0.3 is 9.74 Å². The Morgan fingerprint density at radius 2 is 1.97 bits per heavy atom. The van der Waals surface area contributed by atoms with E-state index in [-0.39, 0.29) is 10.5 Å². The molecule has 2 aromatic heterocycles. The van der Waals surface area contributed by atoms with Gasteiger partial charge in [0.1, 0.15) is 0 Å². The fourth-order valence-electron chi connectivity index (χ4n) is 4.07. The van der Waals surface area contributed by atoms with Gasteiger partial charge in [0.25, 0.3) is 0 Å². The molecule has 1 aliphatic rings. The van der Waals surface area contributed by atoms with Gasteiger partial charge in [0.15, 0.2) is 10.8 Å². The molecule has 37 heavy (non-hydrogen) atoms. The number of carbonyl (C=O) groups excluding carboxylic acids is 1. The molecule has 3 aromatic rings. The van der Waals surface area contributed by atoms with Gasteiger partial charge in [0.2, 0.25) is 0 Å². The van der Waals surface area contributed by atoms with Crippen molar-refractivity contribution in [3.8, 4) is 0 Å². The molecule has 1 aliphatic heterocycles. The summed E-state index contributed by atoms with van der Waals surface area (Å²) in [4.78, 5) is 24.0. The Kier molecular flexibility index (Phi) is 7.71. The molecule has 0 aliphatic carbocycles. The number of hydrogen-bond donors (Lipinski definition) is 0. The van der Waals surface area contributed by atoms with Crippen LogP contribution < -0.4 is 9.37 Å². The number of hydrogen-bond acceptors (Lipinski definition) is 9. The number of aryl methyl sites for hydroxylation is 1. The molecule has 9 nitrogen and oxygen atoms in total. The lowest BCUT2D eigenvalue weighted by atomic mass is 10.1. The third kappa shape index (κ3) is 6.02. The summed E-state index contributed by atoms with van der Waals surface area (Å²) >= 11 is 0.778. The number of likely N-dealkylation sites (N-methyl/N-ethyl adjacent to an activating group) is 1. The van der Waals surface area contributed by atoms with Crippen molar-refractivity contribution in [1.82, 2.24) is 14.3 Å². The molecule has 14 heteroatoms. The lowest BCUT2D eigenvalue weighted by molar-refractivity contribution is -0.199. The van der Waals surface area contributed by atoms with Crippen LogP contribution in [0.1, 0.15) is 17.5 Å². The zero-order valence-corrected chi connectivity index (χ0v) is 21.6. The SMILES string of the molecule is Cc1cc(S(=O)(=O)N(OC(=O)C(F)(F)F)c2ccsn2)ncc1N(C)[C@H]1CCN(Cc2ccccc2)C1. The summed E-state index contributed by atoms with van der Waals surface area (Å²) in [5.74, 6) is -3.19. The standard InChI is InChI=1S/C23H24F3N5O4S2/c1-16-12-21(37(33,34)31(20-9-11-36-28-20)35-22(32)23(24,25)26)27-13-19(16)29(2)18-8-10-30(15-18)14-17-6-4-3-5-7-17/h3-7,9,11-13,18H,8,10,14-15H2,1-2H3/t18-/m0/s1. The van der Waals surface area contributed by atoms with Crippen molar-refractivity contribution in [2.45, 2.75) is 37.1 Å². The number of aromatic nitrogens is 2. The monoisotopic (exact) mass is 555 g/mol. The number of nitrogens with zero attached hydrogens (tertiary/aromatic N) is 5. The lowest BCUT2D eigenvalue weighted by Gasteiger charge is -2.28.